The highest BCUT2D eigenvalue weighted by Crippen LogP contribution is 2.44. The number of benzene rings is 1. The van der Waals surface area contributed by atoms with Gasteiger partial charge in [0.1, 0.15) is 11.4 Å². The fourth-order valence-electron chi connectivity index (χ4n) is 3.77. The number of ketones is 1. The van der Waals surface area contributed by atoms with E-state index in [4.69, 9.17) is 4.74 Å². The maximum absolute atomic E-state index is 12.5. The van der Waals surface area contributed by atoms with Crippen LogP contribution in [0.2, 0.25) is 0 Å². The van der Waals surface area contributed by atoms with E-state index in [9.17, 15) is 4.79 Å². The molecule has 0 bridgehead atoms. The highest BCUT2D eigenvalue weighted by molar-refractivity contribution is 9.10. The predicted octanol–water partition coefficient (Wildman–Crippen LogP) is 3.41. The van der Waals surface area contributed by atoms with Crippen molar-refractivity contribution < 1.29 is 9.53 Å². The molecule has 0 radical (unpaired) electrons. The number of likely N-dealkylation sites (tertiary alicyclic amines) is 1. The smallest absolute Gasteiger partial charge is 0.170 e. The van der Waals surface area contributed by atoms with Crippen LogP contribution in [0.15, 0.2) is 22.7 Å². The monoisotopic (exact) mass is 335 g/mol. The lowest BCUT2D eigenvalue weighted by Crippen LogP contribution is -2.44. The molecule has 1 saturated carbocycles. The number of nitrogens with zero attached hydrogens (tertiary/aromatic N) is 1. The second-order valence-corrected chi connectivity index (χ2v) is 7.40. The molecule has 3 aliphatic rings. The second-order valence-electron chi connectivity index (χ2n) is 6.48. The summed E-state index contributed by atoms with van der Waals surface area (Å²) in [7, 11) is 0. The Labute approximate surface area is 127 Å². The summed E-state index contributed by atoms with van der Waals surface area (Å²) in [5.74, 6) is 0.978. The lowest BCUT2D eigenvalue weighted by atomic mass is 9.88. The molecule has 2 atom stereocenters. The van der Waals surface area contributed by atoms with Crippen molar-refractivity contribution in [1.82, 2.24) is 4.90 Å². The van der Waals surface area contributed by atoms with Crippen LogP contribution in [0.4, 0.5) is 0 Å². The van der Waals surface area contributed by atoms with Crippen molar-refractivity contribution in [3.05, 3.63) is 28.2 Å². The van der Waals surface area contributed by atoms with Gasteiger partial charge in [0.05, 0.1) is 12.0 Å². The van der Waals surface area contributed by atoms with Crippen molar-refractivity contribution in [2.24, 2.45) is 0 Å². The zero-order chi connectivity index (χ0) is 13.9. The Kier molecular flexibility index (Phi) is 2.77. The number of carbonyl (C=O) groups is 1. The van der Waals surface area contributed by atoms with Crippen LogP contribution in [0.3, 0.4) is 0 Å². The standard InChI is InChI=1S/C16H18BrNO2/c1-10-7-16(9-18(10)12-3-4-12)8-14(19)13-6-11(17)2-5-15(13)20-16/h2,5-6,10,12H,3-4,7-9H2,1H3. The van der Waals surface area contributed by atoms with Crippen LogP contribution in [0.5, 0.6) is 5.75 Å². The van der Waals surface area contributed by atoms with Gasteiger partial charge in [0, 0.05) is 29.5 Å². The fraction of sp³-hybridized carbons (Fsp3) is 0.562. The molecule has 106 valence electrons. The molecule has 1 aromatic rings. The first-order chi connectivity index (χ1) is 9.56. The zero-order valence-electron chi connectivity index (χ0n) is 11.6. The van der Waals surface area contributed by atoms with Crippen LogP contribution in [-0.4, -0.2) is 34.9 Å². The first-order valence-electron chi connectivity index (χ1n) is 7.34. The van der Waals surface area contributed by atoms with E-state index in [1.54, 1.807) is 0 Å². The quantitative estimate of drug-likeness (QED) is 0.787. The fourth-order valence-corrected chi connectivity index (χ4v) is 4.13. The van der Waals surface area contributed by atoms with E-state index >= 15 is 0 Å². The van der Waals surface area contributed by atoms with Crippen molar-refractivity contribution in [2.75, 3.05) is 6.54 Å². The Morgan fingerprint density at radius 1 is 1.40 bits per heavy atom. The normalized spacial score (nSPS) is 33.3. The molecule has 1 aromatic carbocycles. The van der Waals surface area contributed by atoms with Gasteiger partial charge < -0.3 is 4.74 Å². The minimum Gasteiger partial charge on any atom is -0.485 e. The number of ether oxygens (including phenoxy) is 1. The minimum atomic E-state index is -0.292. The van der Waals surface area contributed by atoms with Crippen molar-refractivity contribution in [1.29, 1.82) is 0 Å². The molecule has 2 aliphatic heterocycles. The number of halogens is 1. The van der Waals surface area contributed by atoms with Gasteiger partial charge in [-0.05, 0) is 38.0 Å². The van der Waals surface area contributed by atoms with Gasteiger partial charge in [-0.15, -0.1) is 0 Å². The Morgan fingerprint density at radius 2 is 2.20 bits per heavy atom. The van der Waals surface area contributed by atoms with Crippen LogP contribution in [-0.2, 0) is 0 Å². The van der Waals surface area contributed by atoms with Crippen LogP contribution in [0, 0.1) is 0 Å². The van der Waals surface area contributed by atoms with E-state index in [0.717, 1.165) is 34.8 Å². The molecule has 4 heteroatoms. The lowest BCUT2D eigenvalue weighted by molar-refractivity contribution is 0.0454. The summed E-state index contributed by atoms with van der Waals surface area (Å²) in [6.07, 6.45) is 4.09. The largest absolute Gasteiger partial charge is 0.485 e. The van der Waals surface area contributed by atoms with Gasteiger partial charge in [-0.3, -0.25) is 9.69 Å². The van der Waals surface area contributed by atoms with E-state index in [-0.39, 0.29) is 11.4 Å². The molecule has 0 N–H and O–H groups in total. The van der Waals surface area contributed by atoms with Crippen LogP contribution < -0.4 is 4.74 Å². The van der Waals surface area contributed by atoms with Crippen molar-refractivity contribution in [2.45, 2.75) is 50.3 Å². The molecular weight excluding hydrogens is 318 g/mol. The highest BCUT2D eigenvalue weighted by Gasteiger charge is 2.51. The Bertz CT molecular complexity index is 584. The molecule has 2 fully saturated rings. The van der Waals surface area contributed by atoms with Crippen molar-refractivity contribution in [3.63, 3.8) is 0 Å². The average molecular weight is 336 g/mol. The summed E-state index contributed by atoms with van der Waals surface area (Å²) < 4.78 is 7.23. The number of Topliss-reactive ketones (excluding diaryl/α,β-unsaturated/α-hetero) is 1. The van der Waals surface area contributed by atoms with Crippen LogP contribution >= 0.6 is 15.9 Å². The van der Waals surface area contributed by atoms with E-state index in [1.165, 1.54) is 12.8 Å². The second kappa shape index (κ2) is 4.31. The van der Waals surface area contributed by atoms with E-state index in [0.29, 0.717) is 12.5 Å². The maximum atomic E-state index is 12.5. The topological polar surface area (TPSA) is 29.5 Å². The molecular formula is C16H18BrNO2. The first-order valence-corrected chi connectivity index (χ1v) is 8.13. The van der Waals surface area contributed by atoms with Gasteiger partial charge in [-0.25, -0.2) is 0 Å². The van der Waals surface area contributed by atoms with Crippen LogP contribution in [0.25, 0.3) is 0 Å². The number of hydrogen-bond donors (Lipinski definition) is 0. The van der Waals surface area contributed by atoms with Gasteiger partial charge in [0.25, 0.3) is 0 Å². The Hall–Kier alpha value is -0.870. The molecule has 1 saturated heterocycles. The molecule has 1 spiro atoms. The third-order valence-corrected chi connectivity index (χ3v) is 5.26. The van der Waals surface area contributed by atoms with Gasteiger partial charge in [-0.1, -0.05) is 15.9 Å². The SMILES string of the molecule is CC1CC2(CC(=O)c3cc(Br)ccc3O2)CN1C1CC1. The van der Waals surface area contributed by atoms with Crippen molar-refractivity contribution >= 4 is 21.7 Å². The summed E-state index contributed by atoms with van der Waals surface area (Å²) in [6.45, 7) is 3.16. The third kappa shape index (κ3) is 2.01. The molecule has 4 rings (SSSR count). The number of fused-ring (bicyclic) bond motifs is 1. The van der Waals surface area contributed by atoms with E-state index < -0.39 is 0 Å². The molecule has 0 amide bonds. The first kappa shape index (κ1) is 12.8. The number of rotatable bonds is 1. The molecule has 3 nitrogen and oxygen atoms in total. The summed E-state index contributed by atoms with van der Waals surface area (Å²) >= 11 is 3.42. The van der Waals surface area contributed by atoms with E-state index in [1.807, 2.05) is 18.2 Å². The summed E-state index contributed by atoms with van der Waals surface area (Å²) in [6, 6.07) is 6.99. The highest BCUT2D eigenvalue weighted by atomic mass is 79.9. The Balaban J connectivity index is 1.66. The number of hydrogen-bond acceptors (Lipinski definition) is 3. The summed E-state index contributed by atoms with van der Waals surface area (Å²) in [5, 5.41) is 0. The zero-order valence-corrected chi connectivity index (χ0v) is 13.1. The number of carbonyl (C=O) groups excluding carboxylic acids is 1. The van der Waals surface area contributed by atoms with E-state index in [2.05, 4.69) is 27.8 Å². The summed E-state index contributed by atoms with van der Waals surface area (Å²) in [4.78, 5) is 15.0. The molecule has 2 heterocycles. The Morgan fingerprint density at radius 3 is 2.95 bits per heavy atom. The van der Waals surface area contributed by atoms with Crippen LogP contribution in [0.1, 0.15) is 43.0 Å². The molecule has 1 aliphatic carbocycles. The predicted molar refractivity (Wildman–Crippen MR) is 80.3 cm³/mol. The average Bonchev–Trinajstić information content (AvgIpc) is 3.17. The minimum absolute atomic E-state index is 0.220. The maximum Gasteiger partial charge on any atom is 0.170 e. The molecule has 20 heavy (non-hydrogen) atoms. The summed E-state index contributed by atoms with van der Waals surface area (Å²) in [5.41, 5.74) is 0.433. The van der Waals surface area contributed by atoms with Gasteiger partial charge in [0.15, 0.2) is 5.78 Å². The van der Waals surface area contributed by atoms with Crippen molar-refractivity contribution in [3.8, 4) is 5.75 Å². The molecule has 2 unspecified atom stereocenters. The van der Waals surface area contributed by atoms with Gasteiger partial charge in [-0.2, -0.15) is 0 Å². The van der Waals surface area contributed by atoms with Gasteiger partial charge >= 0.3 is 0 Å². The third-order valence-electron chi connectivity index (χ3n) is 4.77. The molecule has 0 aromatic heterocycles. The lowest BCUT2D eigenvalue weighted by Gasteiger charge is -2.35. The van der Waals surface area contributed by atoms with Gasteiger partial charge in [0.2, 0.25) is 0 Å².